The minimum Gasteiger partial charge on any atom is -0.325 e. The molecule has 2 heterocycles. The van der Waals surface area contributed by atoms with Crippen molar-refractivity contribution in [2.24, 2.45) is 0 Å². The van der Waals surface area contributed by atoms with Gasteiger partial charge < -0.3 is 5.32 Å². The van der Waals surface area contributed by atoms with E-state index in [0.717, 1.165) is 11.3 Å². The van der Waals surface area contributed by atoms with Crippen molar-refractivity contribution in [1.82, 2.24) is 19.3 Å². The summed E-state index contributed by atoms with van der Waals surface area (Å²) in [5.41, 5.74) is 2.31. The van der Waals surface area contributed by atoms with Gasteiger partial charge in [0.25, 0.3) is 5.56 Å². The molecule has 2 aromatic carbocycles. The summed E-state index contributed by atoms with van der Waals surface area (Å²) in [4.78, 5) is 30.2. The SMILES string of the molecule is Cc1ccc(NC(=O)CSc2nc3ccccc3c(=O)n2CCn2cc(Cl)cn2)cc1. The highest BCUT2D eigenvalue weighted by atomic mass is 35.5. The molecule has 9 heteroatoms. The number of nitrogens with one attached hydrogen (secondary N) is 1. The number of para-hydroxylation sites is 1. The molecule has 7 nitrogen and oxygen atoms in total. The second kappa shape index (κ2) is 9.36. The Kier molecular flexibility index (Phi) is 6.39. The molecule has 0 saturated carbocycles. The lowest BCUT2D eigenvalue weighted by molar-refractivity contribution is -0.113. The number of carbonyl (C=O) groups is 1. The molecule has 0 atom stereocenters. The third kappa shape index (κ3) is 5.15. The van der Waals surface area contributed by atoms with E-state index in [9.17, 15) is 9.59 Å². The van der Waals surface area contributed by atoms with Gasteiger partial charge in [-0.3, -0.25) is 18.8 Å². The van der Waals surface area contributed by atoms with Crippen LogP contribution in [0.5, 0.6) is 0 Å². The number of aryl methyl sites for hydroxylation is 2. The first-order chi connectivity index (χ1) is 15.0. The number of fused-ring (bicyclic) bond motifs is 1. The van der Waals surface area contributed by atoms with E-state index < -0.39 is 0 Å². The van der Waals surface area contributed by atoms with Gasteiger partial charge >= 0.3 is 0 Å². The van der Waals surface area contributed by atoms with E-state index in [1.54, 1.807) is 33.8 Å². The Balaban J connectivity index is 1.55. The summed E-state index contributed by atoms with van der Waals surface area (Å²) in [6, 6.07) is 14.8. The highest BCUT2D eigenvalue weighted by Gasteiger charge is 2.14. The lowest BCUT2D eigenvalue weighted by Crippen LogP contribution is -2.26. The van der Waals surface area contributed by atoms with Crippen LogP contribution in [0.25, 0.3) is 10.9 Å². The maximum atomic E-state index is 13.1. The average Bonchev–Trinajstić information content (AvgIpc) is 3.18. The average molecular weight is 454 g/mol. The minimum absolute atomic E-state index is 0.131. The van der Waals surface area contributed by atoms with Crippen molar-refractivity contribution in [2.75, 3.05) is 11.1 Å². The normalized spacial score (nSPS) is 11.0. The standard InChI is InChI=1S/C22H20ClN5O2S/c1-15-6-8-17(9-7-15)25-20(29)14-31-22-26-19-5-3-2-4-18(19)21(30)28(22)11-10-27-13-16(23)12-24-27/h2-9,12-13H,10-11,14H2,1H3,(H,25,29). The second-order valence-corrected chi connectivity index (χ2v) is 8.37. The van der Waals surface area contributed by atoms with Crippen molar-refractivity contribution in [1.29, 1.82) is 0 Å². The van der Waals surface area contributed by atoms with Crippen molar-refractivity contribution < 1.29 is 4.79 Å². The van der Waals surface area contributed by atoms with E-state index >= 15 is 0 Å². The van der Waals surface area contributed by atoms with Crippen LogP contribution in [0.15, 0.2) is 70.9 Å². The predicted octanol–water partition coefficient (Wildman–Crippen LogP) is 3.99. The third-order valence-corrected chi connectivity index (χ3v) is 5.82. The van der Waals surface area contributed by atoms with Crippen LogP contribution < -0.4 is 10.9 Å². The zero-order chi connectivity index (χ0) is 21.8. The molecule has 4 aromatic rings. The van der Waals surface area contributed by atoms with Gasteiger partial charge in [-0.25, -0.2) is 4.98 Å². The highest BCUT2D eigenvalue weighted by Crippen LogP contribution is 2.19. The summed E-state index contributed by atoms with van der Waals surface area (Å²) >= 11 is 7.16. The number of hydrogen-bond acceptors (Lipinski definition) is 5. The Labute approximate surface area is 188 Å². The molecule has 0 aliphatic carbocycles. The summed E-state index contributed by atoms with van der Waals surface area (Å²) in [5.74, 6) is -0.0339. The van der Waals surface area contributed by atoms with Crippen molar-refractivity contribution in [3.63, 3.8) is 0 Å². The van der Waals surface area contributed by atoms with Gasteiger partial charge in [0.1, 0.15) is 0 Å². The Hall–Kier alpha value is -3.10. The third-order valence-electron chi connectivity index (χ3n) is 4.65. The van der Waals surface area contributed by atoms with Crippen LogP contribution in [0.2, 0.25) is 5.02 Å². The molecule has 158 valence electrons. The van der Waals surface area contributed by atoms with E-state index in [0.29, 0.717) is 34.2 Å². The van der Waals surface area contributed by atoms with Crippen LogP contribution in [-0.2, 0) is 17.9 Å². The molecular formula is C22H20ClN5O2S. The fourth-order valence-corrected chi connectivity index (χ4v) is 4.06. The highest BCUT2D eigenvalue weighted by molar-refractivity contribution is 7.99. The number of aromatic nitrogens is 4. The maximum Gasteiger partial charge on any atom is 0.262 e. The Morgan fingerprint density at radius 3 is 2.65 bits per heavy atom. The molecule has 1 N–H and O–H groups in total. The lowest BCUT2D eigenvalue weighted by Gasteiger charge is -2.13. The van der Waals surface area contributed by atoms with E-state index in [4.69, 9.17) is 11.6 Å². The van der Waals surface area contributed by atoms with Crippen LogP contribution in [0.3, 0.4) is 0 Å². The fraction of sp³-hybridized carbons (Fsp3) is 0.182. The first-order valence-electron chi connectivity index (χ1n) is 9.66. The van der Waals surface area contributed by atoms with Crippen LogP contribution in [-0.4, -0.2) is 31.0 Å². The van der Waals surface area contributed by atoms with Crippen molar-refractivity contribution in [3.8, 4) is 0 Å². The summed E-state index contributed by atoms with van der Waals surface area (Å²) in [7, 11) is 0. The molecule has 31 heavy (non-hydrogen) atoms. The number of halogens is 1. The van der Waals surface area contributed by atoms with Crippen LogP contribution in [0, 0.1) is 6.92 Å². The lowest BCUT2D eigenvalue weighted by atomic mass is 10.2. The monoisotopic (exact) mass is 453 g/mol. The maximum absolute atomic E-state index is 13.1. The minimum atomic E-state index is -0.165. The molecule has 0 bridgehead atoms. The summed E-state index contributed by atoms with van der Waals surface area (Å²) in [6.07, 6.45) is 3.25. The molecule has 4 rings (SSSR count). The molecule has 0 radical (unpaired) electrons. The Morgan fingerprint density at radius 1 is 1.13 bits per heavy atom. The van der Waals surface area contributed by atoms with Gasteiger partial charge in [-0.15, -0.1) is 0 Å². The predicted molar refractivity (Wildman–Crippen MR) is 124 cm³/mol. The van der Waals surface area contributed by atoms with Gasteiger partial charge in [-0.05, 0) is 31.2 Å². The number of carbonyl (C=O) groups excluding carboxylic acids is 1. The van der Waals surface area contributed by atoms with Crippen LogP contribution in [0.4, 0.5) is 5.69 Å². The first kappa shape index (κ1) is 21.1. The van der Waals surface area contributed by atoms with Crippen molar-refractivity contribution >= 4 is 45.9 Å². The van der Waals surface area contributed by atoms with Crippen LogP contribution in [0.1, 0.15) is 5.56 Å². The summed E-state index contributed by atoms with van der Waals surface area (Å²) < 4.78 is 3.25. The molecule has 1 amide bonds. The number of rotatable bonds is 7. The molecule has 0 unspecified atom stereocenters. The molecule has 0 saturated heterocycles. The number of hydrogen-bond donors (Lipinski definition) is 1. The first-order valence-corrected chi connectivity index (χ1v) is 11.0. The van der Waals surface area contributed by atoms with E-state index in [2.05, 4.69) is 15.4 Å². The van der Waals surface area contributed by atoms with Gasteiger partial charge in [0.15, 0.2) is 5.16 Å². The van der Waals surface area contributed by atoms with Gasteiger partial charge in [0.2, 0.25) is 5.91 Å². The van der Waals surface area contributed by atoms with Crippen molar-refractivity contribution in [2.45, 2.75) is 25.2 Å². The van der Waals surface area contributed by atoms with E-state index in [1.165, 1.54) is 11.8 Å². The number of nitrogens with zero attached hydrogens (tertiary/aromatic N) is 4. The quantitative estimate of drug-likeness (QED) is 0.338. The fourth-order valence-electron chi connectivity index (χ4n) is 3.08. The van der Waals surface area contributed by atoms with Crippen LogP contribution >= 0.6 is 23.4 Å². The smallest absolute Gasteiger partial charge is 0.262 e. The zero-order valence-corrected chi connectivity index (χ0v) is 18.4. The molecule has 0 spiro atoms. The zero-order valence-electron chi connectivity index (χ0n) is 16.8. The number of amides is 1. The van der Waals surface area contributed by atoms with Gasteiger partial charge in [0.05, 0.1) is 34.4 Å². The summed E-state index contributed by atoms with van der Waals surface area (Å²) in [5, 5.41) is 8.58. The van der Waals surface area contributed by atoms with Gasteiger partial charge in [-0.2, -0.15) is 5.10 Å². The molecular weight excluding hydrogens is 434 g/mol. The number of benzene rings is 2. The van der Waals surface area contributed by atoms with Crippen molar-refractivity contribution in [3.05, 3.63) is 81.9 Å². The van der Waals surface area contributed by atoms with E-state index in [1.807, 2.05) is 43.3 Å². The molecule has 0 aliphatic rings. The summed E-state index contributed by atoms with van der Waals surface area (Å²) in [6.45, 7) is 2.80. The van der Waals surface area contributed by atoms with Gasteiger partial charge in [0, 0.05) is 18.4 Å². The Bertz CT molecular complexity index is 1280. The molecule has 0 fully saturated rings. The molecule has 0 aliphatic heterocycles. The second-order valence-electron chi connectivity index (χ2n) is 6.99. The van der Waals surface area contributed by atoms with E-state index in [-0.39, 0.29) is 17.2 Å². The topological polar surface area (TPSA) is 81.8 Å². The molecule has 2 aromatic heterocycles. The number of thioether (sulfide) groups is 1. The van der Waals surface area contributed by atoms with Gasteiger partial charge in [-0.1, -0.05) is 53.2 Å². The number of anilines is 1. The largest absolute Gasteiger partial charge is 0.325 e. The Morgan fingerprint density at radius 2 is 1.90 bits per heavy atom.